The number of carbonyl (C=O) groups is 2. The first-order valence-electron chi connectivity index (χ1n) is 9.59. The van der Waals surface area contributed by atoms with Crippen LogP contribution in [0, 0.1) is 18.3 Å². The van der Waals surface area contributed by atoms with Crippen LogP contribution in [0.25, 0.3) is 0 Å². The normalized spacial score (nSPS) is 16.4. The Bertz CT molecular complexity index is 896. The van der Waals surface area contributed by atoms with Crippen molar-refractivity contribution in [1.29, 1.82) is 0 Å². The number of hydrogen-bond donors (Lipinski definition) is 2. The molecule has 0 saturated heterocycles. The largest absolute Gasteiger partial charge is 0.484 e. The zero-order chi connectivity index (χ0) is 20.5. The molecule has 3 N–H and O–H groups in total. The molecule has 1 heterocycles. The Kier molecular flexibility index (Phi) is 5.79. The number of nitrogens with two attached hydrogens (primary N) is 1. The molecule has 0 saturated carbocycles. The molecule has 0 aliphatic heterocycles. The standard InChI is InChI=1S/C22H28N2O3S/c1-13-6-5-7-15(10-13)27-12-18(25)24-21-19(20(23)26)16-9-8-14(22(2,3)4)11-17(16)28-21/h5-7,10,14H,8-9,11-12H2,1-4H3,(H2,23,26)(H,24,25)/t14-/m0/s1. The van der Waals surface area contributed by atoms with Crippen LogP contribution < -0.4 is 15.8 Å². The molecule has 2 aromatic rings. The quantitative estimate of drug-likeness (QED) is 0.784. The van der Waals surface area contributed by atoms with Crippen LogP contribution >= 0.6 is 11.3 Å². The van der Waals surface area contributed by atoms with E-state index in [4.69, 9.17) is 10.5 Å². The average molecular weight is 401 g/mol. The third-order valence-electron chi connectivity index (χ3n) is 5.35. The van der Waals surface area contributed by atoms with Crippen molar-refractivity contribution in [2.75, 3.05) is 11.9 Å². The van der Waals surface area contributed by atoms with Crippen LogP contribution in [0.5, 0.6) is 5.75 Å². The van der Waals surface area contributed by atoms with Crippen molar-refractivity contribution < 1.29 is 14.3 Å². The highest BCUT2D eigenvalue weighted by Crippen LogP contribution is 2.44. The van der Waals surface area contributed by atoms with E-state index in [9.17, 15) is 9.59 Å². The Balaban J connectivity index is 1.74. The first-order chi connectivity index (χ1) is 13.1. The van der Waals surface area contributed by atoms with Crippen LogP contribution in [-0.4, -0.2) is 18.4 Å². The molecule has 2 amide bonds. The van der Waals surface area contributed by atoms with Crippen LogP contribution in [0.2, 0.25) is 0 Å². The molecule has 28 heavy (non-hydrogen) atoms. The third kappa shape index (κ3) is 4.55. The Morgan fingerprint density at radius 1 is 1.32 bits per heavy atom. The Labute approximate surface area is 170 Å². The maximum absolute atomic E-state index is 12.4. The Morgan fingerprint density at radius 3 is 2.71 bits per heavy atom. The Morgan fingerprint density at radius 2 is 2.07 bits per heavy atom. The number of aryl methyl sites for hydroxylation is 1. The lowest BCUT2D eigenvalue weighted by atomic mass is 9.72. The van der Waals surface area contributed by atoms with Crippen LogP contribution in [0.1, 0.15) is 53.6 Å². The van der Waals surface area contributed by atoms with Gasteiger partial charge in [0.2, 0.25) is 0 Å². The molecule has 0 spiro atoms. The van der Waals surface area contributed by atoms with Gasteiger partial charge in [-0.2, -0.15) is 0 Å². The summed E-state index contributed by atoms with van der Waals surface area (Å²) in [7, 11) is 0. The molecule has 0 radical (unpaired) electrons. The molecule has 1 aromatic carbocycles. The molecule has 0 bridgehead atoms. The number of fused-ring (bicyclic) bond motifs is 1. The lowest BCUT2D eigenvalue weighted by Crippen LogP contribution is -2.27. The summed E-state index contributed by atoms with van der Waals surface area (Å²) in [4.78, 5) is 25.6. The molecule has 1 aliphatic rings. The summed E-state index contributed by atoms with van der Waals surface area (Å²) in [5, 5.41) is 3.39. The summed E-state index contributed by atoms with van der Waals surface area (Å²) in [6, 6.07) is 7.53. The van der Waals surface area contributed by atoms with Gasteiger partial charge in [0.05, 0.1) is 5.56 Å². The minimum absolute atomic E-state index is 0.116. The topological polar surface area (TPSA) is 81.4 Å². The second-order valence-electron chi connectivity index (χ2n) is 8.53. The van der Waals surface area contributed by atoms with Gasteiger partial charge in [0.15, 0.2) is 6.61 Å². The van der Waals surface area contributed by atoms with Crippen molar-refractivity contribution in [3.63, 3.8) is 0 Å². The maximum Gasteiger partial charge on any atom is 0.262 e. The summed E-state index contributed by atoms with van der Waals surface area (Å²) in [5.74, 6) is 0.410. The number of hydrogen-bond acceptors (Lipinski definition) is 4. The molecule has 0 unspecified atom stereocenters. The fourth-order valence-corrected chi connectivity index (χ4v) is 5.04. The monoisotopic (exact) mass is 400 g/mol. The first-order valence-corrected chi connectivity index (χ1v) is 10.4. The molecular weight excluding hydrogens is 372 g/mol. The lowest BCUT2D eigenvalue weighted by molar-refractivity contribution is -0.118. The number of primary amides is 1. The molecule has 0 fully saturated rings. The van der Waals surface area contributed by atoms with E-state index in [-0.39, 0.29) is 17.9 Å². The number of amides is 2. The van der Waals surface area contributed by atoms with Gasteiger partial charge in [-0.15, -0.1) is 11.3 Å². The highest BCUT2D eigenvalue weighted by atomic mass is 32.1. The second kappa shape index (κ2) is 7.95. The minimum atomic E-state index is -0.485. The summed E-state index contributed by atoms with van der Waals surface area (Å²) in [5.41, 5.74) is 8.39. The zero-order valence-corrected chi connectivity index (χ0v) is 17.7. The maximum atomic E-state index is 12.4. The van der Waals surface area contributed by atoms with E-state index in [1.807, 2.05) is 31.2 Å². The van der Waals surface area contributed by atoms with E-state index in [2.05, 4.69) is 26.1 Å². The summed E-state index contributed by atoms with van der Waals surface area (Å²) >= 11 is 1.47. The SMILES string of the molecule is Cc1cccc(OCC(=O)Nc2sc3c(c2C(N)=O)CC[C@H](C(C)(C)C)C3)c1. The van der Waals surface area contributed by atoms with Gasteiger partial charge < -0.3 is 15.8 Å². The predicted octanol–water partition coefficient (Wildman–Crippen LogP) is 4.32. The van der Waals surface area contributed by atoms with Gasteiger partial charge in [-0.05, 0) is 60.8 Å². The number of rotatable bonds is 5. The predicted molar refractivity (Wildman–Crippen MR) is 113 cm³/mol. The van der Waals surface area contributed by atoms with Gasteiger partial charge >= 0.3 is 0 Å². The number of anilines is 1. The smallest absolute Gasteiger partial charge is 0.262 e. The van der Waals surface area contributed by atoms with Crippen molar-refractivity contribution in [3.8, 4) is 5.75 Å². The van der Waals surface area contributed by atoms with Gasteiger partial charge in [-0.3, -0.25) is 9.59 Å². The summed E-state index contributed by atoms with van der Waals surface area (Å²) in [6.45, 7) is 8.59. The molecule has 1 aromatic heterocycles. The van der Waals surface area contributed by atoms with Crippen LogP contribution in [-0.2, 0) is 17.6 Å². The van der Waals surface area contributed by atoms with E-state index in [1.165, 1.54) is 11.3 Å². The number of ether oxygens (including phenoxy) is 1. The number of carbonyl (C=O) groups excluding carboxylic acids is 2. The van der Waals surface area contributed by atoms with Crippen molar-refractivity contribution in [2.45, 2.75) is 47.0 Å². The highest BCUT2D eigenvalue weighted by molar-refractivity contribution is 7.17. The lowest BCUT2D eigenvalue weighted by Gasteiger charge is -2.33. The molecule has 3 rings (SSSR count). The van der Waals surface area contributed by atoms with Crippen molar-refractivity contribution in [3.05, 3.63) is 45.8 Å². The van der Waals surface area contributed by atoms with Gasteiger partial charge in [0.1, 0.15) is 10.8 Å². The summed E-state index contributed by atoms with van der Waals surface area (Å²) < 4.78 is 5.56. The van der Waals surface area contributed by atoms with Crippen molar-refractivity contribution >= 4 is 28.2 Å². The molecule has 6 heteroatoms. The molecule has 1 aliphatic carbocycles. The number of thiophene rings is 1. The van der Waals surface area contributed by atoms with E-state index >= 15 is 0 Å². The van der Waals surface area contributed by atoms with Crippen molar-refractivity contribution in [1.82, 2.24) is 0 Å². The van der Waals surface area contributed by atoms with Gasteiger partial charge in [0, 0.05) is 4.88 Å². The van der Waals surface area contributed by atoms with Gasteiger partial charge in [-0.25, -0.2) is 0 Å². The van der Waals surface area contributed by atoms with E-state index in [0.717, 1.165) is 35.3 Å². The van der Waals surface area contributed by atoms with Gasteiger partial charge in [-0.1, -0.05) is 32.9 Å². The van der Waals surface area contributed by atoms with E-state index in [1.54, 1.807) is 0 Å². The zero-order valence-electron chi connectivity index (χ0n) is 16.9. The number of nitrogens with one attached hydrogen (secondary N) is 1. The van der Waals surface area contributed by atoms with Crippen LogP contribution in [0.4, 0.5) is 5.00 Å². The molecule has 1 atom stereocenters. The van der Waals surface area contributed by atoms with Crippen LogP contribution in [0.3, 0.4) is 0 Å². The molecular formula is C22H28N2O3S. The number of benzene rings is 1. The summed E-state index contributed by atoms with van der Waals surface area (Å²) in [6.07, 6.45) is 2.76. The molecule has 5 nitrogen and oxygen atoms in total. The van der Waals surface area contributed by atoms with Crippen LogP contribution in [0.15, 0.2) is 24.3 Å². The minimum Gasteiger partial charge on any atom is -0.484 e. The second-order valence-corrected chi connectivity index (χ2v) is 9.64. The molecule has 150 valence electrons. The fraction of sp³-hybridized carbons (Fsp3) is 0.455. The Hall–Kier alpha value is -2.34. The van der Waals surface area contributed by atoms with E-state index in [0.29, 0.717) is 22.2 Å². The van der Waals surface area contributed by atoms with E-state index < -0.39 is 5.91 Å². The van der Waals surface area contributed by atoms with Gasteiger partial charge in [0.25, 0.3) is 11.8 Å². The first kappa shape index (κ1) is 20.4. The van der Waals surface area contributed by atoms with Crippen molar-refractivity contribution in [2.24, 2.45) is 17.1 Å². The fourth-order valence-electron chi connectivity index (χ4n) is 3.69. The third-order valence-corrected chi connectivity index (χ3v) is 6.52. The highest BCUT2D eigenvalue weighted by Gasteiger charge is 2.33. The average Bonchev–Trinajstić information content (AvgIpc) is 2.96.